The fourth-order valence-electron chi connectivity index (χ4n) is 2.78. The Morgan fingerprint density at radius 3 is 2.00 bits per heavy atom. The van der Waals surface area contributed by atoms with Crippen molar-refractivity contribution >= 4 is 21.8 Å². The molecule has 3 N–H and O–H groups in total. The van der Waals surface area contributed by atoms with Gasteiger partial charge in [-0.1, -0.05) is 99.2 Å². The van der Waals surface area contributed by atoms with E-state index in [0.29, 0.717) is 0 Å². The van der Waals surface area contributed by atoms with E-state index in [1.807, 2.05) is 6.08 Å². The molecule has 0 saturated carbocycles. The van der Waals surface area contributed by atoms with E-state index in [0.717, 1.165) is 12.8 Å². The molecule has 0 fully saturated rings. The zero-order chi connectivity index (χ0) is 18.8. The molecule has 0 rings (SSSR count). The first-order chi connectivity index (χ1) is 12.2. The number of allylic oxidation sites excluding steroid dienone is 1. The number of hydrogen-bond acceptors (Lipinski definition) is 3. The van der Waals surface area contributed by atoms with Crippen molar-refractivity contribution in [2.75, 3.05) is 11.9 Å². The van der Waals surface area contributed by atoms with Gasteiger partial charge in [-0.3, -0.25) is 4.79 Å². The summed E-state index contributed by atoms with van der Waals surface area (Å²) in [5.41, 5.74) is 0. The first-order valence-corrected chi connectivity index (χ1v) is 11.1. The van der Waals surface area contributed by atoms with Gasteiger partial charge in [-0.15, -0.1) is 0 Å². The lowest BCUT2D eigenvalue weighted by Crippen LogP contribution is -2.45. The first kappa shape index (κ1) is 24.6. The lowest BCUT2D eigenvalue weighted by molar-refractivity contribution is -0.120. The Labute approximate surface area is 162 Å². The smallest absolute Gasteiger partial charge is 0.231 e. The summed E-state index contributed by atoms with van der Waals surface area (Å²) in [4.78, 5) is 11.3. The number of rotatable bonds is 17. The zero-order valence-corrected chi connectivity index (χ0v) is 17.5. The summed E-state index contributed by atoms with van der Waals surface area (Å²) >= 11 is 3.05. The van der Waals surface area contributed by atoms with E-state index in [4.69, 9.17) is 0 Å². The van der Waals surface area contributed by atoms with Gasteiger partial charge in [-0.2, -0.15) is 0 Å². The summed E-state index contributed by atoms with van der Waals surface area (Å²) in [7, 11) is 0. The fraction of sp³-hybridized carbons (Fsp3) is 0.850. The second-order valence-electron chi connectivity index (χ2n) is 6.73. The molecular formula is C20H38BrNO3. The number of halogens is 1. The van der Waals surface area contributed by atoms with Crippen molar-refractivity contribution in [1.29, 1.82) is 0 Å². The Kier molecular flexibility index (Phi) is 18.1. The van der Waals surface area contributed by atoms with Crippen molar-refractivity contribution in [2.24, 2.45) is 0 Å². The molecule has 148 valence electrons. The summed E-state index contributed by atoms with van der Waals surface area (Å²) < 4.78 is 0. The molecule has 0 aromatic rings. The second-order valence-corrected chi connectivity index (χ2v) is 7.29. The van der Waals surface area contributed by atoms with E-state index in [1.165, 1.54) is 64.2 Å². The molecular weight excluding hydrogens is 382 g/mol. The average molecular weight is 420 g/mol. The Morgan fingerprint density at radius 2 is 1.52 bits per heavy atom. The van der Waals surface area contributed by atoms with Crippen LogP contribution in [0.15, 0.2) is 12.2 Å². The average Bonchev–Trinajstić information content (AvgIpc) is 2.63. The molecule has 0 heterocycles. The van der Waals surface area contributed by atoms with E-state index in [-0.39, 0.29) is 17.8 Å². The van der Waals surface area contributed by atoms with Gasteiger partial charge in [0.15, 0.2) is 0 Å². The molecule has 1 amide bonds. The van der Waals surface area contributed by atoms with Crippen LogP contribution in [0.5, 0.6) is 0 Å². The van der Waals surface area contributed by atoms with Crippen LogP contribution in [-0.4, -0.2) is 40.2 Å². The van der Waals surface area contributed by atoms with E-state index in [2.05, 4.69) is 28.2 Å². The van der Waals surface area contributed by atoms with Gasteiger partial charge in [0.2, 0.25) is 5.91 Å². The van der Waals surface area contributed by atoms with Crippen molar-refractivity contribution < 1.29 is 15.0 Å². The van der Waals surface area contributed by atoms with Gasteiger partial charge < -0.3 is 15.5 Å². The van der Waals surface area contributed by atoms with Crippen LogP contribution in [0.2, 0.25) is 0 Å². The molecule has 0 saturated heterocycles. The van der Waals surface area contributed by atoms with Crippen LogP contribution in [0.25, 0.3) is 0 Å². The quantitative estimate of drug-likeness (QED) is 0.185. The fourth-order valence-corrected chi connectivity index (χ4v) is 2.94. The molecule has 25 heavy (non-hydrogen) atoms. The highest BCUT2D eigenvalue weighted by Crippen LogP contribution is 2.12. The molecule has 0 radical (unpaired) electrons. The van der Waals surface area contributed by atoms with E-state index in [9.17, 15) is 15.0 Å². The Hall–Kier alpha value is -0.390. The summed E-state index contributed by atoms with van der Waals surface area (Å²) in [5, 5.41) is 21.9. The number of aliphatic hydroxyl groups is 2. The predicted molar refractivity (Wildman–Crippen MR) is 109 cm³/mol. The third-order valence-corrected chi connectivity index (χ3v) is 4.89. The maximum absolute atomic E-state index is 11.3. The molecule has 0 aliphatic carbocycles. The van der Waals surface area contributed by atoms with Gasteiger partial charge in [-0.05, 0) is 12.8 Å². The van der Waals surface area contributed by atoms with E-state index >= 15 is 0 Å². The second kappa shape index (κ2) is 18.4. The van der Waals surface area contributed by atoms with Gasteiger partial charge in [0, 0.05) is 0 Å². The van der Waals surface area contributed by atoms with Crippen molar-refractivity contribution in [2.45, 2.75) is 96.1 Å². The van der Waals surface area contributed by atoms with Crippen LogP contribution in [-0.2, 0) is 4.79 Å². The molecule has 0 aliphatic heterocycles. The number of unbranched alkanes of at least 4 members (excludes halogenated alkanes) is 11. The van der Waals surface area contributed by atoms with Crippen molar-refractivity contribution in [1.82, 2.24) is 5.32 Å². The number of alkyl halides is 1. The maximum atomic E-state index is 11.3. The molecule has 0 aliphatic rings. The Balaban J connectivity index is 3.54. The number of hydrogen-bond donors (Lipinski definition) is 3. The number of carbonyl (C=O) groups excluding carboxylic acids is 1. The minimum absolute atomic E-state index is 0.165. The van der Waals surface area contributed by atoms with Crippen LogP contribution in [0, 0.1) is 0 Å². The Morgan fingerprint density at radius 1 is 1.00 bits per heavy atom. The van der Waals surface area contributed by atoms with Crippen molar-refractivity contribution in [3.05, 3.63) is 12.2 Å². The highest BCUT2D eigenvalue weighted by Gasteiger charge is 2.17. The summed E-state index contributed by atoms with van der Waals surface area (Å²) in [6, 6.07) is -0.640. The van der Waals surface area contributed by atoms with Gasteiger partial charge in [-0.25, -0.2) is 0 Å². The van der Waals surface area contributed by atoms with Gasteiger partial charge in [0.25, 0.3) is 0 Å². The minimum Gasteiger partial charge on any atom is -0.394 e. The van der Waals surface area contributed by atoms with Gasteiger partial charge >= 0.3 is 0 Å². The number of nitrogens with one attached hydrogen (secondary N) is 1. The third-order valence-electron chi connectivity index (χ3n) is 4.38. The molecule has 0 unspecified atom stereocenters. The van der Waals surface area contributed by atoms with Crippen LogP contribution >= 0.6 is 15.9 Å². The standard InChI is InChI=1S/C20H38BrNO3/c1-2-3-4-5-6-7-8-9-10-11-12-13-14-15-19(24)18(17-23)22-20(25)16-21/h14-15,18-19,23-24H,2-13,16-17H2,1H3,(H,22,25)/b15-14+/t18-,19+/m0/s1. The van der Waals surface area contributed by atoms with Crippen LogP contribution < -0.4 is 5.32 Å². The molecule has 0 aromatic carbocycles. The topological polar surface area (TPSA) is 69.6 Å². The molecule has 0 aromatic heterocycles. The minimum atomic E-state index is -0.847. The van der Waals surface area contributed by atoms with Crippen LogP contribution in [0.4, 0.5) is 0 Å². The van der Waals surface area contributed by atoms with E-state index < -0.39 is 12.1 Å². The zero-order valence-electron chi connectivity index (χ0n) is 15.9. The van der Waals surface area contributed by atoms with Crippen molar-refractivity contribution in [3.63, 3.8) is 0 Å². The van der Waals surface area contributed by atoms with Crippen molar-refractivity contribution in [3.8, 4) is 0 Å². The molecule has 5 heteroatoms. The summed E-state index contributed by atoms with van der Waals surface area (Å²) in [6.07, 6.45) is 18.3. The first-order valence-electron chi connectivity index (χ1n) is 9.96. The highest BCUT2D eigenvalue weighted by molar-refractivity contribution is 9.09. The van der Waals surface area contributed by atoms with Gasteiger partial charge in [0.1, 0.15) is 0 Å². The largest absolute Gasteiger partial charge is 0.394 e. The van der Waals surface area contributed by atoms with E-state index in [1.54, 1.807) is 6.08 Å². The normalized spacial score (nSPS) is 13.9. The highest BCUT2D eigenvalue weighted by atomic mass is 79.9. The van der Waals surface area contributed by atoms with Crippen LogP contribution in [0.3, 0.4) is 0 Å². The maximum Gasteiger partial charge on any atom is 0.231 e. The van der Waals surface area contributed by atoms with Crippen LogP contribution in [0.1, 0.15) is 84.0 Å². The monoisotopic (exact) mass is 419 g/mol. The third kappa shape index (κ3) is 15.6. The predicted octanol–water partition coefficient (Wildman–Crippen LogP) is 4.48. The molecule has 0 spiro atoms. The summed E-state index contributed by atoms with van der Waals surface area (Å²) in [6.45, 7) is 1.98. The lowest BCUT2D eigenvalue weighted by Gasteiger charge is -2.19. The number of aliphatic hydroxyl groups excluding tert-OH is 2. The van der Waals surface area contributed by atoms with Gasteiger partial charge in [0.05, 0.1) is 24.1 Å². The molecule has 2 atom stereocenters. The lowest BCUT2D eigenvalue weighted by atomic mass is 10.0. The number of carbonyl (C=O) groups is 1. The summed E-state index contributed by atoms with van der Waals surface area (Å²) in [5.74, 6) is -0.239. The Bertz CT molecular complexity index is 337. The SMILES string of the molecule is CCCCCCCCCCCCC/C=C/[C@@H](O)[C@H](CO)NC(=O)CBr. The molecule has 0 bridgehead atoms. The molecule has 4 nitrogen and oxygen atoms in total. The number of amides is 1.